The van der Waals surface area contributed by atoms with E-state index >= 15 is 0 Å². The molecule has 0 saturated heterocycles. The lowest BCUT2D eigenvalue weighted by Gasteiger charge is -2.10. The highest BCUT2D eigenvalue weighted by atomic mass is 32.1. The van der Waals surface area contributed by atoms with Crippen molar-refractivity contribution < 1.29 is 9.59 Å². The number of nitrogens with one attached hydrogen (secondary N) is 1. The lowest BCUT2D eigenvalue weighted by Crippen LogP contribution is -2.28. The van der Waals surface area contributed by atoms with Crippen LogP contribution in [0.1, 0.15) is 15.2 Å². The fourth-order valence-electron chi connectivity index (χ4n) is 3.41. The maximum atomic E-state index is 12.8. The van der Waals surface area contributed by atoms with Gasteiger partial charge in [0.2, 0.25) is 5.91 Å². The summed E-state index contributed by atoms with van der Waals surface area (Å²) < 4.78 is 1.35. The van der Waals surface area contributed by atoms with Crippen molar-refractivity contribution in [2.75, 3.05) is 5.32 Å². The van der Waals surface area contributed by atoms with Crippen molar-refractivity contribution in [1.29, 1.82) is 0 Å². The van der Waals surface area contributed by atoms with Crippen LogP contribution in [0.3, 0.4) is 0 Å². The predicted molar refractivity (Wildman–Crippen MR) is 118 cm³/mol. The van der Waals surface area contributed by atoms with E-state index in [9.17, 15) is 14.4 Å². The molecule has 0 saturated carbocycles. The molecule has 30 heavy (non-hydrogen) atoms. The molecule has 0 unspecified atom stereocenters. The molecule has 4 rings (SSSR count). The molecule has 2 aromatic carbocycles. The van der Waals surface area contributed by atoms with Crippen LogP contribution in [0.5, 0.6) is 0 Å². The van der Waals surface area contributed by atoms with Crippen LogP contribution in [0.4, 0.5) is 5.00 Å². The second kappa shape index (κ2) is 7.92. The SMILES string of the molecule is Cc1sc(NC(=O)Cn2c(=O)cnc3ccccc32)c(C(N)=O)c1-c1ccccc1. The normalized spacial score (nSPS) is 10.8. The minimum Gasteiger partial charge on any atom is -0.365 e. The van der Waals surface area contributed by atoms with Crippen molar-refractivity contribution in [3.05, 3.63) is 81.6 Å². The molecular weight excluding hydrogens is 400 g/mol. The average molecular weight is 418 g/mol. The van der Waals surface area contributed by atoms with E-state index in [1.807, 2.05) is 43.3 Å². The van der Waals surface area contributed by atoms with Gasteiger partial charge in [-0.3, -0.25) is 19.0 Å². The molecule has 0 radical (unpaired) electrons. The smallest absolute Gasteiger partial charge is 0.269 e. The van der Waals surface area contributed by atoms with Crippen LogP contribution >= 0.6 is 11.3 Å². The number of carbonyl (C=O) groups excluding carboxylic acids is 2. The first-order valence-corrected chi connectivity index (χ1v) is 10.0. The summed E-state index contributed by atoms with van der Waals surface area (Å²) in [4.78, 5) is 42.2. The summed E-state index contributed by atoms with van der Waals surface area (Å²) >= 11 is 1.28. The molecule has 0 aliphatic rings. The zero-order valence-electron chi connectivity index (χ0n) is 16.1. The van der Waals surface area contributed by atoms with Crippen LogP contribution in [0.15, 0.2) is 65.6 Å². The molecule has 7 nitrogen and oxygen atoms in total. The van der Waals surface area contributed by atoms with E-state index in [4.69, 9.17) is 5.73 Å². The topological polar surface area (TPSA) is 107 Å². The van der Waals surface area contributed by atoms with Gasteiger partial charge in [-0.2, -0.15) is 0 Å². The minimum absolute atomic E-state index is 0.211. The molecular formula is C22H18N4O3S. The summed E-state index contributed by atoms with van der Waals surface area (Å²) in [5.74, 6) is -1.06. The van der Waals surface area contributed by atoms with Gasteiger partial charge >= 0.3 is 0 Å². The number of rotatable bonds is 5. The highest BCUT2D eigenvalue weighted by Gasteiger charge is 2.23. The Morgan fingerprint density at radius 2 is 1.80 bits per heavy atom. The van der Waals surface area contributed by atoms with Gasteiger partial charge < -0.3 is 11.1 Å². The van der Waals surface area contributed by atoms with E-state index < -0.39 is 11.8 Å². The first-order valence-electron chi connectivity index (χ1n) is 9.18. The number of primary amides is 1. The lowest BCUT2D eigenvalue weighted by atomic mass is 10.0. The number of aryl methyl sites for hydroxylation is 1. The quantitative estimate of drug-likeness (QED) is 0.519. The Labute approximate surface area is 175 Å². The molecule has 150 valence electrons. The second-order valence-electron chi connectivity index (χ2n) is 6.69. The van der Waals surface area contributed by atoms with Crippen LogP contribution in [-0.2, 0) is 11.3 Å². The van der Waals surface area contributed by atoms with Gasteiger partial charge in [-0.05, 0) is 24.6 Å². The van der Waals surface area contributed by atoms with Gasteiger partial charge in [0, 0.05) is 10.4 Å². The number of amides is 2. The summed E-state index contributed by atoms with van der Waals surface area (Å²) in [6, 6.07) is 16.5. The Bertz CT molecular complexity index is 1330. The number of benzene rings is 2. The number of nitrogens with two attached hydrogens (primary N) is 1. The molecule has 2 heterocycles. The number of hydrogen-bond donors (Lipinski definition) is 2. The van der Waals surface area contributed by atoms with Gasteiger partial charge in [0.1, 0.15) is 11.5 Å². The highest BCUT2D eigenvalue weighted by molar-refractivity contribution is 7.17. The van der Waals surface area contributed by atoms with Gasteiger partial charge in [0.15, 0.2) is 0 Å². The number of hydrogen-bond acceptors (Lipinski definition) is 5. The number of anilines is 1. The summed E-state index contributed by atoms with van der Waals surface area (Å²) in [7, 11) is 0. The van der Waals surface area contributed by atoms with Crippen molar-refractivity contribution in [1.82, 2.24) is 9.55 Å². The van der Waals surface area contributed by atoms with Crippen LogP contribution in [0, 0.1) is 6.92 Å². The van der Waals surface area contributed by atoms with Gasteiger partial charge in [-0.25, -0.2) is 4.98 Å². The van der Waals surface area contributed by atoms with E-state index in [-0.39, 0.29) is 17.7 Å². The number of carbonyl (C=O) groups is 2. The third kappa shape index (κ3) is 3.60. The summed E-state index contributed by atoms with van der Waals surface area (Å²) in [5, 5.41) is 3.13. The third-order valence-corrected chi connectivity index (χ3v) is 5.72. The molecule has 2 amide bonds. The number of para-hydroxylation sites is 2. The maximum Gasteiger partial charge on any atom is 0.269 e. The van der Waals surface area contributed by atoms with E-state index in [0.717, 1.165) is 10.4 Å². The monoisotopic (exact) mass is 418 g/mol. The molecule has 0 aliphatic carbocycles. The van der Waals surface area contributed by atoms with Gasteiger partial charge in [0.25, 0.3) is 11.5 Å². The molecule has 0 aliphatic heterocycles. The zero-order valence-corrected chi connectivity index (χ0v) is 16.9. The van der Waals surface area contributed by atoms with Crippen molar-refractivity contribution >= 4 is 39.2 Å². The Kier molecular flexibility index (Phi) is 5.16. The summed E-state index contributed by atoms with van der Waals surface area (Å²) in [6.45, 7) is 1.66. The van der Waals surface area contributed by atoms with Gasteiger partial charge in [0.05, 0.1) is 22.8 Å². The van der Waals surface area contributed by atoms with Crippen molar-refractivity contribution in [2.45, 2.75) is 13.5 Å². The van der Waals surface area contributed by atoms with Crippen LogP contribution < -0.4 is 16.6 Å². The molecule has 0 fully saturated rings. The van der Waals surface area contributed by atoms with Gasteiger partial charge in [-0.15, -0.1) is 11.3 Å². The fraction of sp³-hybridized carbons (Fsp3) is 0.0909. The van der Waals surface area contributed by atoms with Crippen LogP contribution in [0.2, 0.25) is 0 Å². The standard InChI is InChI=1S/C22H18N4O3S/c1-13-19(14-7-3-2-4-8-14)20(21(23)29)22(30-13)25-17(27)12-26-16-10-6-5-9-15(16)24-11-18(26)28/h2-11H,12H2,1H3,(H2,23,29)(H,25,27). The Balaban J connectivity index is 1.69. The van der Waals surface area contributed by atoms with Crippen LogP contribution in [-0.4, -0.2) is 21.4 Å². The summed E-state index contributed by atoms with van der Waals surface area (Å²) in [5.41, 5.74) is 8.25. The van der Waals surface area contributed by atoms with E-state index in [1.165, 1.54) is 22.1 Å². The minimum atomic E-state index is -0.625. The fourth-order valence-corrected chi connectivity index (χ4v) is 4.51. The predicted octanol–water partition coefficient (Wildman–Crippen LogP) is 3.17. The Hall–Kier alpha value is -3.78. The van der Waals surface area contributed by atoms with E-state index in [2.05, 4.69) is 10.3 Å². The number of aromatic nitrogens is 2. The van der Waals surface area contributed by atoms with Crippen molar-refractivity contribution in [2.24, 2.45) is 5.73 Å². The summed E-state index contributed by atoms with van der Waals surface area (Å²) in [6.07, 6.45) is 1.19. The number of fused-ring (bicyclic) bond motifs is 1. The van der Waals surface area contributed by atoms with Crippen molar-refractivity contribution in [3.63, 3.8) is 0 Å². The molecule has 0 spiro atoms. The second-order valence-corrected chi connectivity index (χ2v) is 7.91. The molecule has 0 bridgehead atoms. The zero-order chi connectivity index (χ0) is 21.3. The number of nitrogens with zero attached hydrogens (tertiary/aromatic N) is 2. The van der Waals surface area contributed by atoms with Gasteiger partial charge in [-0.1, -0.05) is 42.5 Å². The molecule has 8 heteroatoms. The van der Waals surface area contributed by atoms with E-state index in [1.54, 1.807) is 18.2 Å². The number of thiophene rings is 1. The molecule has 3 N–H and O–H groups in total. The maximum absolute atomic E-state index is 12.8. The first kappa shape index (κ1) is 19.5. The van der Waals surface area contributed by atoms with Crippen molar-refractivity contribution in [3.8, 4) is 11.1 Å². The third-order valence-electron chi connectivity index (χ3n) is 4.70. The molecule has 2 aromatic heterocycles. The molecule has 4 aromatic rings. The first-order chi connectivity index (χ1) is 14.5. The average Bonchev–Trinajstić information content (AvgIpc) is 3.06. The van der Waals surface area contributed by atoms with Crippen LogP contribution in [0.25, 0.3) is 22.2 Å². The Morgan fingerprint density at radius 1 is 1.10 bits per heavy atom. The van der Waals surface area contributed by atoms with E-state index in [0.29, 0.717) is 21.6 Å². The lowest BCUT2D eigenvalue weighted by molar-refractivity contribution is -0.116. The molecule has 0 atom stereocenters. The Morgan fingerprint density at radius 3 is 2.53 bits per heavy atom. The highest BCUT2D eigenvalue weighted by Crippen LogP contribution is 2.39. The largest absolute Gasteiger partial charge is 0.365 e.